The fraction of sp³-hybridized carbons (Fsp3) is 0.160. The monoisotopic (exact) mass is 744 g/mol. The minimum Gasteiger partial charge on any atom is -0.355 e. The van der Waals surface area contributed by atoms with Crippen molar-refractivity contribution in [2.45, 2.75) is 52.4 Å². The first-order valence-corrected chi connectivity index (χ1v) is 21.0. The fourth-order valence-electron chi connectivity index (χ4n) is 8.97. The van der Waals surface area contributed by atoms with Crippen molar-refractivity contribution in [3.8, 4) is 16.8 Å². The standard InChI is InChI=1S/C50H41BN2S2/c1-49(2,3)28-15-18-30(19-16-28)52-40-22-17-29(50(4,5)6)23-35(40)33-20-21-34-36-24-37-31-11-7-9-13-43(31)54-45(37)26-41(36)53-42-27-46-38(25-39(42)51-47(33)48(34)53)32-12-8-10-14-44(32)55-46/h7-27,51-52H,1-6H3. The Morgan fingerprint density at radius 2 is 1.15 bits per heavy atom. The molecular formula is C50H41BN2S2. The molecule has 10 aromatic rings. The summed E-state index contributed by atoms with van der Waals surface area (Å²) in [7, 11) is 0.870. The Bertz CT molecular complexity index is 3220. The Hall–Kier alpha value is -5.36. The number of anilines is 2. The lowest BCUT2D eigenvalue weighted by atomic mass is 9.59. The molecule has 0 aliphatic carbocycles. The molecule has 0 saturated heterocycles. The first-order valence-electron chi connectivity index (χ1n) is 19.4. The highest BCUT2D eigenvalue weighted by atomic mass is 32.1. The number of nitrogens with one attached hydrogen (secondary N) is 1. The molecule has 0 fully saturated rings. The topological polar surface area (TPSA) is 17.0 Å². The Balaban J connectivity index is 1.20. The molecule has 0 unspecified atom stereocenters. The van der Waals surface area contributed by atoms with Crippen molar-refractivity contribution < 1.29 is 0 Å². The van der Waals surface area contributed by atoms with E-state index >= 15 is 0 Å². The molecule has 11 rings (SSSR count). The summed E-state index contributed by atoms with van der Waals surface area (Å²) in [6.07, 6.45) is 0. The van der Waals surface area contributed by atoms with Crippen LogP contribution in [0.2, 0.25) is 0 Å². The summed E-state index contributed by atoms with van der Waals surface area (Å²) in [6, 6.07) is 48.5. The van der Waals surface area contributed by atoms with Crippen LogP contribution in [0.5, 0.6) is 0 Å². The zero-order chi connectivity index (χ0) is 37.4. The van der Waals surface area contributed by atoms with Crippen LogP contribution in [0, 0.1) is 0 Å². The lowest BCUT2D eigenvalue weighted by Crippen LogP contribution is -2.37. The summed E-state index contributed by atoms with van der Waals surface area (Å²) >= 11 is 3.81. The molecule has 3 aromatic heterocycles. The van der Waals surface area contributed by atoms with Crippen molar-refractivity contribution in [1.82, 2.24) is 4.57 Å². The van der Waals surface area contributed by atoms with Crippen LogP contribution < -0.4 is 16.2 Å². The second kappa shape index (κ2) is 11.6. The van der Waals surface area contributed by atoms with Gasteiger partial charge in [0.05, 0.1) is 5.52 Å². The second-order valence-electron chi connectivity index (χ2n) is 17.5. The predicted molar refractivity (Wildman–Crippen MR) is 246 cm³/mol. The Labute approximate surface area is 330 Å². The molecule has 4 heterocycles. The molecule has 0 bridgehead atoms. The highest BCUT2D eigenvalue weighted by Gasteiger charge is 2.29. The third kappa shape index (κ3) is 5.06. The SMILES string of the molecule is CC(C)(C)c1ccc(Nc2ccc(C(C)(C)C)cc2-c2ccc3c4cc5c(cc4n4c3c2Bc2cc3c(cc2-4)sc2ccccc23)sc2ccccc25)cc1. The van der Waals surface area contributed by atoms with Gasteiger partial charge >= 0.3 is 0 Å². The van der Waals surface area contributed by atoms with E-state index in [9.17, 15) is 0 Å². The van der Waals surface area contributed by atoms with Gasteiger partial charge in [0.15, 0.2) is 7.28 Å². The van der Waals surface area contributed by atoms with E-state index in [4.69, 9.17) is 0 Å². The van der Waals surface area contributed by atoms with Crippen molar-refractivity contribution in [2.75, 3.05) is 5.32 Å². The van der Waals surface area contributed by atoms with Crippen LogP contribution in [-0.4, -0.2) is 11.8 Å². The molecule has 1 N–H and O–H groups in total. The number of hydrogen-bond acceptors (Lipinski definition) is 3. The molecule has 0 saturated carbocycles. The average molecular weight is 745 g/mol. The molecule has 5 heteroatoms. The van der Waals surface area contributed by atoms with Gasteiger partial charge in [-0.15, -0.1) is 22.7 Å². The first-order chi connectivity index (χ1) is 26.5. The van der Waals surface area contributed by atoms with Crippen molar-refractivity contribution in [3.63, 3.8) is 0 Å². The van der Waals surface area contributed by atoms with Crippen LogP contribution in [-0.2, 0) is 10.8 Å². The number of hydrogen-bond donors (Lipinski definition) is 1. The minimum absolute atomic E-state index is 0.00456. The van der Waals surface area contributed by atoms with Crippen LogP contribution in [0.3, 0.4) is 0 Å². The Morgan fingerprint density at radius 1 is 0.509 bits per heavy atom. The van der Waals surface area contributed by atoms with E-state index < -0.39 is 0 Å². The molecule has 7 aromatic carbocycles. The molecule has 1 aliphatic heterocycles. The fourth-order valence-corrected chi connectivity index (χ4v) is 11.2. The predicted octanol–water partition coefficient (Wildman–Crippen LogP) is 13.2. The number of aromatic nitrogens is 1. The lowest BCUT2D eigenvalue weighted by Gasteiger charge is -2.26. The summed E-state index contributed by atoms with van der Waals surface area (Å²) in [5, 5.41) is 11.9. The first kappa shape index (κ1) is 33.0. The molecule has 0 atom stereocenters. The zero-order valence-corrected chi connectivity index (χ0v) is 33.7. The summed E-state index contributed by atoms with van der Waals surface area (Å²) in [6.45, 7) is 13.8. The van der Waals surface area contributed by atoms with Gasteiger partial charge < -0.3 is 9.88 Å². The number of thiophene rings is 2. The van der Waals surface area contributed by atoms with E-state index in [1.54, 1.807) is 0 Å². The zero-order valence-electron chi connectivity index (χ0n) is 32.1. The lowest BCUT2D eigenvalue weighted by molar-refractivity contribution is 0.590. The van der Waals surface area contributed by atoms with Gasteiger partial charge in [-0.1, -0.05) is 120 Å². The van der Waals surface area contributed by atoms with Gasteiger partial charge in [0, 0.05) is 73.9 Å². The van der Waals surface area contributed by atoms with Crippen molar-refractivity contribution >= 4 is 114 Å². The maximum absolute atomic E-state index is 3.88. The molecule has 1 aliphatic rings. The van der Waals surface area contributed by atoms with Crippen molar-refractivity contribution in [1.29, 1.82) is 0 Å². The van der Waals surface area contributed by atoms with Gasteiger partial charge in [-0.05, 0) is 93.0 Å². The van der Waals surface area contributed by atoms with Crippen LogP contribution in [0.1, 0.15) is 52.7 Å². The largest absolute Gasteiger partial charge is 0.355 e. The molecule has 266 valence electrons. The van der Waals surface area contributed by atoms with Gasteiger partial charge in [-0.25, -0.2) is 0 Å². The van der Waals surface area contributed by atoms with E-state index in [1.807, 2.05) is 22.7 Å². The smallest absolute Gasteiger partial charge is 0.198 e. The molecule has 2 nitrogen and oxygen atoms in total. The maximum atomic E-state index is 3.88. The summed E-state index contributed by atoms with van der Waals surface area (Å²) < 4.78 is 7.99. The van der Waals surface area contributed by atoms with Crippen LogP contribution in [0.4, 0.5) is 11.4 Å². The van der Waals surface area contributed by atoms with Gasteiger partial charge in [-0.3, -0.25) is 0 Å². The van der Waals surface area contributed by atoms with Gasteiger partial charge in [-0.2, -0.15) is 0 Å². The third-order valence-electron chi connectivity index (χ3n) is 11.9. The molecule has 55 heavy (non-hydrogen) atoms. The van der Waals surface area contributed by atoms with Crippen molar-refractivity contribution in [3.05, 3.63) is 139 Å². The third-order valence-corrected chi connectivity index (χ3v) is 14.2. The Morgan fingerprint density at radius 3 is 1.84 bits per heavy atom. The molecular weight excluding hydrogens is 704 g/mol. The Kier molecular flexibility index (Phi) is 6.95. The number of fused-ring (bicyclic) bond motifs is 11. The second-order valence-corrected chi connectivity index (χ2v) is 19.7. The summed E-state index contributed by atoms with van der Waals surface area (Å²) in [4.78, 5) is 0. The van der Waals surface area contributed by atoms with Crippen LogP contribution >= 0.6 is 22.7 Å². The molecule has 0 spiro atoms. The van der Waals surface area contributed by atoms with E-state index in [2.05, 4.69) is 179 Å². The number of nitrogens with zero attached hydrogens (tertiary/aromatic N) is 1. The maximum Gasteiger partial charge on any atom is 0.198 e. The van der Waals surface area contributed by atoms with Gasteiger partial charge in [0.2, 0.25) is 0 Å². The summed E-state index contributed by atoms with van der Waals surface area (Å²) in [5.74, 6) is 0. The van der Waals surface area contributed by atoms with E-state index in [0.717, 1.165) is 18.7 Å². The van der Waals surface area contributed by atoms with Crippen LogP contribution in [0.15, 0.2) is 127 Å². The minimum atomic E-state index is 0.00456. The normalized spacial score (nSPS) is 13.1. The van der Waals surface area contributed by atoms with E-state index in [1.165, 1.54) is 101 Å². The average Bonchev–Trinajstić information content (AvgIpc) is 3.82. The summed E-state index contributed by atoms with van der Waals surface area (Å²) in [5.41, 5.74) is 14.3. The van der Waals surface area contributed by atoms with Crippen LogP contribution in [0.25, 0.3) is 79.0 Å². The van der Waals surface area contributed by atoms with Crippen molar-refractivity contribution in [2.24, 2.45) is 0 Å². The quantitative estimate of drug-likeness (QED) is 0.178. The molecule has 0 amide bonds. The van der Waals surface area contributed by atoms with Gasteiger partial charge in [0.1, 0.15) is 0 Å². The molecule has 0 radical (unpaired) electrons. The van der Waals surface area contributed by atoms with E-state index in [-0.39, 0.29) is 10.8 Å². The highest BCUT2D eigenvalue weighted by molar-refractivity contribution is 7.26. The van der Waals surface area contributed by atoms with Gasteiger partial charge in [0.25, 0.3) is 0 Å². The number of benzene rings is 7. The number of rotatable bonds is 3. The highest BCUT2D eigenvalue weighted by Crippen LogP contribution is 2.44. The van der Waals surface area contributed by atoms with E-state index in [0.29, 0.717) is 0 Å².